The lowest BCUT2D eigenvalue weighted by Crippen LogP contribution is -2.40. The SMILES string of the molecule is CSC1CCCCC1NCc1nc[nH]c1C. The second kappa shape index (κ2) is 5.73. The Hall–Kier alpha value is -0.480. The third-order valence-electron chi connectivity index (χ3n) is 3.47. The Kier molecular flexibility index (Phi) is 4.29. The van der Waals surface area contributed by atoms with E-state index in [-0.39, 0.29) is 0 Å². The molecule has 1 aromatic rings. The quantitative estimate of drug-likeness (QED) is 0.848. The summed E-state index contributed by atoms with van der Waals surface area (Å²) >= 11 is 2.00. The summed E-state index contributed by atoms with van der Waals surface area (Å²) in [5.41, 5.74) is 2.34. The van der Waals surface area contributed by atoms with Crippen molar-refractivity contribution >= 4 is 11.8 Å². The molecule has 2 N–H and O–H groups in total. The highest BCUT2D eigenvalue weighted by molar-refractivity contribution is 7.99. The van der Waals surface area contributed by atoms with Crippen LogP contribution in [0, 0.1) is 6.92 Å². The number of aryl methyl sites for hydroxylation is 1. The van der Waals surface area contributed by atoms with Gasteiger partial charge >= 0.3 is 0 Å². The standard InChI is InChI=1S/C12H21N3S/c1-9-11(15-8-14-9)7-13-10-5-3-4-6-12(10)16-2/h8,10,12-13H,3-7H2,1-2H3,(H,14,15). The second-order valence-corrected chi connectivity index (χ2v) is 5.60. The van der Waals surface area contributed by atoms with Gasteiger partial charge in [0, 0.05) is 23.5 Å². The van der Waals surface area contributed by atoms with Crippen LogP contribution in [0.15, 0.2) is 6.33 Å². The lowest BCUT2D eigenvalue weighted by molar-refractivity contribution is 0.381. The van der Waals surface area contributed by atoms with Gasteiger partial charge in [-0.3, -0.25) is 0 Å². The molecule has 0 saturated heterocycles. The number of aromatic amines is 1. The van der Waals surface area contributed by atoms with Gasteiger partial charge in [0.2, 0.25) is 0 Å². The summed E-state index contributed by atoms with van der Waals surface area (Å²) in [4.78, 5) is 7.45. The lowest BCUT2D eigenvalue weighted by atomic mass is 9.95. The van der Waals surface area contributed by atoms with Crippen LogP contribution in [-0.4, -0.2) is 27.5 Å². The Morgan fingerprint density at radius 3 is 3.00 bits per heavy atom. The highest BCUT2D eigenvalue weighted by Gasteiger charge is 2.23. The third kappa shape index (κ3) is 2.80. The summed E-state index contributed by atoms with van der Waals surface area (Å²) in [6, 6.07) is 0.667. The minimum atomic E-state index is 0.667. The molecule has 90 valence electrons. The number of rotatable bonds is 4. The third-order valence-corrected chi connectivity index (χ3v) is 4.64. The van der Waals surface area contributed by atoms with Crippen LogP contribution >= 0.6 is 11.8 Å². The van der Waals surface area contributed by atoms with Gasteiger partial charge in [-0.2, -0.15) is 11.8 Å². The van der Waals surface area contributed by atoms with E-state index in [9.17, 15) is 0 Å². The number of nitrogens with zero attached hydrogens (tertiary/aromatic N) is 1. The molecule has 0 radical (unpaired) electrons. The number of imidazole rings is 1. The van der Waals surface area contributed by atoms with E-state index in [0.29, 0.717) is 6.04 Å². The zero-order valence-electron chi connectivity index (χ0n) is 10.1. The number of thioether (sulfide) groups is 1. The van der Waals surface area contributed by atoms with Crippen molar-refractivity contribution < 1.29 is 0 Å². The van der Waals surface area contributed by atoms with E-state index in [1.807, 2.05) is 11.8 Å². The molecule has 1 saturated carbocycles. The fraction of sp³-hybridized carbons (Fsp3) is 0.750. The van der Waals surface area contributed by atoms with Gasteiger partial charge in [0.25, 0.3) is 0 Å². The van der Waals surface area contributed by atoms with Crippen molar-refractivity contribution in [2.75, 3.05) is 6.26 Å². The molecule has 1 fully saturated rings. The summed E-state index contributed by atoms with van der Waals surface area (Å²) in [6.45, 7) is 2.98. The van der Waals surface area contributed by atoms with E-state index >= 15 is 0 Å². The predicted molar refractivity (Wildman–Crippen MR) is 69.7 cm³/mol. The summed E-state index contributed by atoms with van der Waals surface area (Å²) in [7, 11) is 0. The molecule has 16 heavy (non-hydrogen) atoms. The number of hydrogen-bond acceptors (Lipinski definition) is 3. The van der Waals surface area contributed by atoms with E-state index in [0.717, 1.165) is 17.5 Å². The van der Waals surface area contributed by atoms with Crippen LogP contribution in [0.4, 0.5) is 0 Å². The first kappa shape index (κ1) is 12.0. The highest BCUT2D eigenvalue weighted by atomic mass is 32.2. The van der Waals surface area contributed by atoms with E-state index < -0.39 is 0 Å². The fourth-order valence-corrected chi connectivity index (χ4v) is 3.37. The van der Waals surface area contributed by atoms with Crippen molar-refractivity contribution in [1.29, 1.82) is 0 Å². The first-order valence-corrected chi connectivity index (χ1v) is 7.35. The van der Waals surface area contributed by atoms with E-state index in [2.05, 4.69) is 28.5 Å². The van der Waals surface area contributed by atoms with Crippen LogP contribution < -0.4 is 5.32 Å². The van der Waals surface area contributed by atoms with Gasteiger partial charge in [-0.25, -0.2) is 4.98 Å². The monoisotopic (exact) mass is 239 g/mol. The topological polar surface area (TPSA) is 40.7 Å². The number of aromatic nitrogens is 2. The van der Waals surface area contributed by atoms with Gasteiger partial charge in [0.1, 0.15) is 0 Å². The van der Waals surface area contributed by atoms with Gasteiger partial charge in [0.05, 0.1) is 12.0 Å². The second-order valence-electron chi connectivity index (χ2n) is 4.52. The maximum Gasteiger partial charge on any atom is 0.0925 e. The van der Waals surface area contributed by atoms with Gasteiger partial charge in [-0.15, -0.1) is 0 Å². The lowest BCUT2D eigenvalue weighted by Gasteiger charge is -2.31. The first-order valence-electron chi connectivity index (χ1n) is 6.06. The highest BCUT2D eigenvalue weighted by Crippen LogP contribution is 2.27. The van der Waals surface area contributed by atoms with Crippen molar-refractivity contribution in [3.63, 3.8) is 0 Å². The van der Waals surface area contributed by atoms with Crippen LogP contribution in [0.5, 0.6) is 0 Å². The normalized spacial score (nSPS) is 25.9. The molecule has 2 rings (SSSR count). The van der Waals surface area contributed by atoms with Crippen molar-refractivity contribution in [1.82, 2.24) is 15.3 Å². The zero-order valence-corrected chi connectivity index (χ0v) is 10.9. The Bertz CT molecular complexity index is 324. The summed E-state index contributed by atoms with van der Waals surface area (Å²) < 4.78 is 0. The van der Waals surface area contributed by atoms with Crippen LogP contribution in [0.3, 0.4) is 0 Å². The zero-order chi connectivity index (χ0) is 11.4. The first-order chi connectivity index (χ1) is 7.81. The number of hydrogen-bond donors (Lipinski definition) is 2. The molecule has 0 spiro atoms. The molecule has 2 atom stereocenters. The van der Waals surface area contributed by atoms with Gasteiger partial charge in [-0.1, -0.05) is 12.8 Å². The molecule has 0 aliphatic heterocycles. The summed E-state index contributed by atoms with van der Waals surface area (Å²) in [5.74, 6) is 0. The van der Waals surface area contributed by atoms with Crippen molar-refractivity contribution in [3.05, 3.63) is 17.7 Å². The average molecular weight is 239 g/mol. The Morgan fingerprint density at radius 2 is 2.31 bits per heavy atom. The summed E-state index contributed by atoms with van der Waals surface area (Å²) in [6.07, 6.45) is 9.44. The molecular weight excluding hydrogens is 218 g/mol. The molecule has 1 aliphatic rings. The molecule has 3 nitrogen and oxygen atoms in total. The Balaban J connectivity index is 1.86. The van der Waals surface area contributed by atoms with Crippen LogP contribution in [0.2, 0.25) is 0 Å². The number of H-pyrrole nitrogens is 1. The van der Waals surface area contributed by atoms with Crippen molar-refractivity contribution in [2.45, 2.75) is 50.4 Å². The maximum atomic E-state index is 4.33. The average Bonchev–Trinajstić information content (AvgIpc) is 2.72. The largest absolute Gasteiger partial charge is 0.348 e. The fourth-order valence-electron chi connectivity index (χ4n) is 2.41. The van der Waals surface area contributed by atoms with Crippen molar-refractivity contribution in [2.24, 2.45) is 0 Å². The molecule has 1 aromatic heterocycles. The van der Waals surface area contributed by atoms with Crippen LogP contribution in [-0.2, 0) is 6.54 Å². The molecule has 0 amide bonds. The van der Waals surface area contributed by atoms with Crippen LogP contribution in [0.1, 0.15) is 37.1 Å². The van der Waals surface area contributed by atoms with Gasteiger partial charge in [0.15, 0.2) is 0 Å². The minimum Gasteiger partial charge on any atom is -0.348 e. The maximum absolute atomic E-state index is 4.33. The molecular formula is C12H21N3S. The van der Waals surface area contributed by atoms with E-state index in [1.54, 1.807) is 6.33 Å². The molecule has 4 heteroatoms. The Morgan fingerprint density at radius 1 is 1.50 bits per heavy atom. The minimum absolute atomic E-state index is 0.667. The van der Waals surface area contributed by atoms with E-state index in [4.69, 9.17) is 0 Å². The molecule has 2 unspecified atom stereocenters. The molecule has 1 aliphatic carbocycles. The predicted octanol–water partition coefficient (Wildman–Crippen LogP) is 2.48. The Labute approximate surface area is 102 Å². The van der Waals surface area contributed by atoms with Gasteiger partial charge in [-0.05, 0) is 26.0 Å². The van der Waals surface area contributed by atoms with Crippen molar-refractivity contribution in [3.8, 4) is 0 Å². The van der Waals surface area contributed by atoms with Crippen LogP contribution in [0.25, 0.3) is 0 Å². The summed E-state index contributed by atoms with van der Waals surface area (Å²) in [5, 5.41) is 4.45. The number of nitrogens with one attached hydrogen (secondary N) is 2. The molecule has 1 heterocycles. The smallest absolute Gasteiger partial charge is 0.0925 e. The molecule has 0 aromatic carbocycles. The van der Waals surface area contributed by atoms with Gasteiger partial charge < -0.3 is 10.3 Å². The van der Waals surface area contributed by atoms with E-state index in [1.165, 1.54) is 31.4 Å². The molecule has 0 bridgehead atoms.